The zero-order valence-corrected chi connectivity index (χ0v) is 15.5. The number of hydrogen-bond acceptors (Lipinski definition) is 4. The van der Waals surface area contributed by atoms with E-state index in [1.165, 1.54) is 0 Å². The van der Waals surface area contributed by atoms with Crippen LogP contribution >= 0.6 is 0 Å². The molecule has 2 heterocycles. The number of rotatable bonds is 4. The molecule has 134 valence electrons. The highest BCUT2D eigenvalue weighted by molar-refractivity contribution is 5.91. The van der Waals surface area contributed by atoms with Gasteiger partial charge in [0.2, 0.25) is 5.91 Å². The van der Waals surface area contributed by atoms with Crippen LogP contribution in [0.3, 0.4) is 0 Å². The van der Waals surface area contributed by atoms with Gasteiger partial charge in [-0.3, -0.25) is 9.78 Å². The minimum Gasteiger partial charge on any atom is -0.359 e. The average Bonchev–Trinajstić information content (AvgIpc) is 3.05. The van der Waals surface area contributed by atoms with Gasteiger partial charge in [0.15, 0.2) is 5.82 Å². The Hall–Kier alpha value is -2.95. The van der Waals surface area contributed by atoms with Crippen LogP contribution in [0.5, 0.6) is 0 Å². The third-order valence-corrected chi connectivity index (χ3v) is 4.15. The Balaban J connectivity index is 1.65. The van der Waals surface area contributed by atoms with Crippen molar-refractivity contribution in [1.29, 1.82) is 0 Å². The fraction of sp³-hybridized carbons (Fsp3) is 0.286. The number of carbonyl (C=O) groups excluding carboxylic acids is 1. The van der Waals surface area contributed by atoms with Gasteiger partial charge >= 0.3 is 0 Å². The van der Waals surface area contributed by atoms with Crippen LogP contribution in [0.1, 0.15) is 37.8 Å². The van der Waals surface area contributed by atoms with Crippen molar-refractivity contribution in [1.82, 2.24) is 10.1 Å². The molecule has 0 aliphatic carbocycles. The van der Waals surface area contributed by atoms with E-state index in [2.05, 4.69) is 15.5 Å². The number of aryl methyl sites for hydroxylation is 1. The van der Waals surface area contributed by atoms with Crippen molar-refractivity contribution >= 4 is 11.7 Å². The van der Waals surface area contributed by atoms with Gasteiger partial charge < -0.3 is 9.84 Å². The summed E-state index contributed by atoms with van der Waals surface area (Å²) in [6.07, 6.45) is 2.07. The standard InChI is InChI=1S/C21H23N3O2/c1-14-17(6-5-11-22-14)16-9-7-15(8-10-16)12-20(25)23-19-13-18(26-24-19)21(2,3)4/h5-11,13H,12H2,1-4H3,(H,23,24,25). The first kappa shape index (κ1) is 17.9. The largest absolute Gasteiger partial charge is 0.359 e. The van der Waals surface area contributed by atoms with Crippen molar-refractivity contribution in [3.63, 3.8) is 0 Å². The normalized spacial score (nSPS) is 11.4. The summed E-state index contributed by atoms with van der Waals surface area (Å²) in [7, 11) is 0. The molecule has 2 aromatic heterocycles. The molecule has 0 bridgehead atoms. The third kappa shape index (κ3) is 4.17. The minimum absolute atomic E-state index is 0.121. The summed E-state index contributed by atoms with van der Waals surface area (Å²) in [5, 5.41) is 6.70. The fourth-order valence-electron chi connectivity index (χ4n) is 2.65. The Morgan fingerprint density at radius 2 is 1.88 bits per heavy atom. The Labute approximate surface area is 153 Å². The first-order chi connectivity index (χ1) is 12.3. The summed E-state index contributed by atoms with van der Waals surface area (Å²) < 4.78 is 5.29. The van der Waals surface area contributed by atoms with Crippen LogP contribution < -0.4 is 5.32 Å². The molecule has 3 aromatic rings. The van der Waals surface area contributed by atoms with Gasteiger partial charge in [0, 0.05) is 28.9 Å². The van der Waals surface area contributed by atoms with Crippen molar-refractivity contribution in [3.05, 3.63) is 65.7 Å². The quantitative estimate of drug-likeness (QED) is 0.752. The zero-order chi connectivity index (χ0) is 18.7. The van der Waals surface area contributed by atoms with E-state index in [1.54, 1.807) is 12.3 Å². The molecule has 1 amide bonds. The SMILES string of the molecule is Cc1ncccc1-c1ccc(CC(=O)Nc2cc(C(C)(C)C)on2)cc1. The van der Waals surface area contributed by atoms with Crippen LogP contribution in [0, 0.1) is 6.92 Å². The lowest BCUT2D eigenvalue weighted by Gasteiger charge is -2.12. The van der Waals surface area contributed by atoms with E-state index in [-0.39, 0.29) is 17.7 Å². The Morgan fingerprint density at radius 1 is 1.15 bits per heavy atom. The molecule has 0 unspecified atom stereocenters. The van der Waals surface area contributed by atoms with Crippen molar-refractivity contribution in [2.75, 3.05) is 5.32 Å². The molecule has 0 atom stereocenters. The van der Waals surface area contributed by atoms with Crippen LogP contribution in [0.15, 0.2) is 53.2 Å². The molecule has 5 nitrogen and oxygen atoms in total. The number of amides is 1. The van der Waals surface area contributed by atoms with Crippen LogP contribution in [0.2, 0.25) is 0 Å². The van der Waals surface area contributed by atoms with E-state index in [1.807, 2.05) is 64.1 Å². The highest BCUT2D eigenvalue weighted by Gasteiger charge is 2.20. The van der Waals surface area contributed by atoms with Gasteiger partial charge in [-0.2, -0.15) is 0 Å². The maximum absolute atomic E-state index is 12.2. The molecule has 1 N–H and O–H groups in total. The predicted molar refractivity (Wildman–Crippen MR) is 102 cm³/mol. The summed E-state index contributed by atoms with van der Waals surface area (Å²) in [4.78, 5) is 16.6. The van der Waals surface area contributed by atoms with Gasteiger partial charge in [-0.05, 0) is 24.1 Å². The number of hydrogen-bond donors (Lipinski definition) is 1. The molecule has 0 aliphatic heterocycles. The lowest BCUT2D eigenvalue weighted by Crippen LogP contribution is -2.14. The summed E-state index contributed by atoms with van der Waals surface area (Å²) in [6.45, 7) is 8.08. The average molecular weight is 349 g/mol. The fourth-order valence-corrected chi connectivity index (χ4v) is 2.65. The predicted octanol–water partition coefficient (Wildman–Crippen LogP) is 4.52. The number of nitrogens with zero attached hydrogens (tertiary/aromatic N) is 2. The van der Waals surface area contributed by atoms with E-state index in [9.17, 15) is 4.79 Å². The second-order valence-electron chi connectivity index (χ2n) is 7.38. The van der Waals surface area contributed by atoms with Crippen molar-refractivity contribution in [2.45, 2.75) is 39.5 Å². The summed E-state index contributed by atoms with van der Waals surface area (Å²) in [5.41, 5.74) is 3.97. The summed E-state index contributed by atoms with van der Waals surface area (Å²) in [5.74, 6) is 1.07. The maximum Gasteiger partial charge on any atom is 0.230 e. The van der Waals surface area contributed by atoms with Crippen LogP contribution in [-0.2, 0) is 16.6 Å². The molecule has 0 saturated heterocycles. The van der Waals surface area contributed by atoms with Gasteiger partial charge in [0.05, 0.1) is 6.42 Å². The molecule has 0 saturated carbocycles. The maximum atomic E-state index is 12.2. The van der Waals surface area contributed by atoms with Gasteiger partial charge in [-0.1, -0.05) is 56.3 Å². The van der Waals surface area contributed by atoms with Gasteiger partial charge in [0.1, 0.15) is 5.76 Å². The highest BCUT2D eigenvalue weighted by Crippen LogP contribution is 2.25. The lowest BCUT2D eigenvalue weighted by molar-refractivity contribution is -0.115. The molecule has 0 aliphatic rings. The topological polar surface area (TPSA) is 68.0 Å². The minimum atomic E-state index is -0.143. The number of anilines is 1. The summed E-state index contributed by atoms with van der Waals surface area (Å²) in [6, 6.07) is 13.7. The van der Waals surface area contributed by atoms with Crippen molar-refractivity contribution in [3.8, 4) is 11.1 Å². The Kier molecular flexibility index (Phi) is 4.89. The molecule has 0 fully saturated rings. The van der Waals surface area contributed by atoms with Crippen molar-refractivity contribution in [2.24, 2.45) is 0 Å². The van der Waals surface area contributed by atoms with Crippen LogP contribution in [-0.4, -0.2) is 16.0 Å². The number of nitrogens with one attached hydrogen (secondary N) is 1. The molecule has 1 aromatic carbocycles. The second kappa shape index (κ2) is 7.12. The second-order valence-corrected chi connectivity index (χ2v) is 7.38. The Bertz CT molecular complexity index is 906. The first-order valence-corrected chi connectivity index (χ1v) is 8.61. The number of aromatic nitrogens is 2. The number of benzene rings is 1. The zero-order valence-electron chi connectivity index (χ0n) is 15.5. The van der Waals surface area contributed by atoms with E-state index in [4.69, 9.17) is 4.52 Å². The molecule has 0 radical (unpaired) electrons. The molecule has 5 heteroatoms. The van der Waals surface area contributed by atoms with Gasteiger partial charge in [-0.25, -0.2) is 0 Å². The lowest BCUT2D eigenvalue weighted by atomic mass is 9.93. The molecular weight excluding hydrogens is 326 g/mol. The Morgan fingerprint density at radius 3 is 2.50 bits per heavy atom. The molecule has 3 rings (SSSR count). The molecular formula is C21H23N3O2. The van der Waals surface area contributed by atoms with E-state index in [0.29, 0.717) is 5.82 Å². The first-order valence-electron chi connectivity index (χ1n) is 8.61. The third-order valence-electron chi connectivity index (χ3n) is 4.15. The smallest absolute Gasteiger partial charge is 0.230 e. The van der Waals surface area contributed by atoms with Gasteiger partial charge in [0.25, 0.3) is 0 Å². The van der Waals surface area contributed by atoms with Crippen LogP contribution in [0.4, 0.5) is 5.82 Å². The highest BCUT2D eigenvalue weighted by atomic mass is 16.5. The summed E-state index contributed by atoms with van der Waals surface area (Å²) >= 11 is 0. The van der Waals surface area contributed by atoms with Crippen molar-refractivity contribution < 1.29 is 9.32 Å². The number of carbonyl (C=O) groups is 1. The van der Waals surface area contributed by atoms with Gasteiger partial charge in [-0.15, -0.1) is 0 Å². The van der Waals surface area contributed by atoms with E-state index < -0.39 is 0 Å². The number of pyridine rings is 1. The van der Waals surface area contributed by atoms with E-state index >= 15 is 0 Å². The molecule has 26 heavy (non-hydrogen) atoms. The van der Waals surface area contributed by atoms with E-state index in [0.717, 1.165) is 28.1 Å². The van der Waals surface area contributed by atoms with Crippen LogP contribution in [0.25, 0.3) is 11.1 Å². The molecule has 0 spiro atoms. The monoisotopic (exact) mass is 349 g/mol.